The molecule has 0 atom stereocenters. The largest absolute Gasteiger partial charge is 0.243 e. The Labute approximate surface area is 131 Å². The van der Waals surface area contributed by atoms with Crippen molar-refractivity contribution in [3.05, 3.63) is 58.6 Å². The maximum Gasteiger partial charge on any atom is 0.243 e. The van der Waals surface area contributed by atoms with Crippen LogP contribution in [0.15, 0.2) is 42.6 Å². The molecule has 21 heavy (non-hydrogen) atoms. The lowest BCUT2D eigenvalue weighted by Gasteiger charge is -2.08. The fourth-order valence-corrected chi connectivity index (χ4v) is 4.03. The lowest BCUT2D eigenvalue weighted by molar-refractivity contribution is 0.588. The monoisotopic (exact) mass is 341 g/mol. The molecule has 0 saturated heterocycles. The Morgan fingerprint density at radius 2 is 1.76 bits per heavy atom. The molecule has 0 aliphatic rings. The van der Waals surface area contributed by atoms with E-state index in [-0.39, 0.29) is 21.7 Å². The molecule has 0 N–H and O–H groups in total. The van der Waals surface area contributed by atoms with Gasteiger partial charge in [-0.3, -0.25) is 0 Å². The van der Waals surface area contributed by atoms with E-state index in [1.54, 1.807) is 24.3 Å². The minimum atomic E-state index is -3.62. The summed E-state index contributed by atoms with van der Waals surface area (Å²) in [5.74, 6) is -0.142. The second-order valence-electron chi connectivity index (χ2n) is 4.37. The van der Waals surface area contributed by atoms with Crippen molar-refractivity contribution in [2.75, 3.05) is 0 Å². The molecule has 8 heteroatoms. The molecule has 0 unspecified atom stereocenters. The van der Waals surface area contributed by atoms with Gasteiger partial charge in [0.05, 0.1) is 11.3 Å². The van der Waals surface area contributed by atoms with Crippen molar-refractivity contribution in [3.63, 3.8) is 0 Å². The third-order valence-electron chi connectivity index (χ3n) is 2.92. The highest BCUT2D eigenvalue weighted by atomic mass is 35.5. The number of halogens is 2. The average Bonchev–Trinajstić information content (AvgIpc) is 2.84. The number of benzene rings is 1. The van der Waals surface area contributed by atoms with Crippen LogP contribution in [0.2, 0.25) is 10.4 Å². The third kappa shape index (κ3) is 2.74. The maximum atomic E-state index is 12.5. The molecule has 5 nitrogen and oxygen atoms in total. The van der Waals surface area contributed by atoms with Crippen molar-refractivity contribution >= 4 is 44.3 Å². The van der Waals surface area contributed by atoms with Gasteiger partial charge in [-0.2, -0.15) is 0 Å². The lowest BCUT2D eigenvalue weighted by atomic mass is 10.2. The molecule has 0 aliphatic heterocycles. The number of nitrogens with zero attached hydrogens (tertiary/aromatic N) is 3. The van der Waals surface area contributed by atoms with Crippen molar-refractivity contribution in [2.45, 2.75) is 5.75 Å². The topological polar surface area (TPSA) is 64.8 Å². The molecule has 2 aromatic heterocycles. The number of hydrogen-bond donors (Lipinski definition) is 0. The van der Waals surface area contributed by atoms with Crippen LogP contribution < -0.4 is 0 Å². The Kier molecular flexibility index (Phi) is 3.61. The van der Waals surface area contributed by atoms with Crippen molar-refractivity contribution in [2.24, 2.45) is 0 Å². The van der Waals surface area contributed by atoms with Crippen LogP contribution in [-0.2, 0) is 15.8 Å². The van der Waals surface area contributed by atoms with E-state index < -0.39 is 10.0 Å². The van der Waals surface area contributed by atoms with E-state index in [9.17, 15) is 8.42 Å². The molecular weight excluding hydrogens is 333 g/mol. The first-order chi connectivity index (χ1) is 9.97. The summed E-state index contributed by atoms with van der Waals surface area (Å²) in [5.41, 5.74) is 1.30. The number of rotatable bonds is 3. The van der Waals surface area contributed by atoms with Crippen molar-refractivity contribution in [3.8, 4) is 0 Å². The van der Waals surface area contributed by atoms with Gasteiger partial charge in [0.1, 0.15) is 5.52 Å². The normalized spacial score (nSPS) is 11.9. The van der Waals surface area contributed by atoms with Crippen LogP contribution in [0.3, 0.4) is 0 Å². The van der Waals surface area contributed by atoms with E-state index in [0.29, 0.717) is 11.1 Å². The molecule has 0 aliphatic carbocycles. The van der Waals surface area contributed by atoms with Crippen LogP contribution in [0.4, 0.5) is 0 Å². The first-order valence-corrected chi connectivity index (χ1v) is 8.31. The van der Waals surface area contributed by atoms with Crippen LogP contribution in [0, 0.1) is 0 Å². The van der Waals surface area contributed by atoms with Gasteiger partial charge < -0.3 is 0 Å². The predicted molar refractivity (Wildman–Crippen MR) is 82.0 cm³/mol. The van der Waals surface area contributed by atoms with E-state index in [4.69, 9.17) is 23.2 Å². The van der Waals surface area contributed by atoms with Crippen molar-refractivity contribution in [1.82, 2.24) is 13.9 Å². The minimum Gasteiger partial charge on any atom is -0.240 e. The number of hydrogen-bond acceptors (Lipinski definition) is 4. The third-order valence-corrected chi connectivity index (χ3v) is 4.96. The van der Waals surface area contributed by atoms with Gasteiger partial charge in [0, 0.05) is 6.20 Å². The standard InChI is InChI=1S/C13H9Cl2N3O2S/c14-12-11-10(16-13(15)17-12)6-7-18(11)21(19,20)8-9-4-2-1-3-5-9/h1-7H,8H2. The molecule has 1 aromatic carbocycles. The fraction of sp³-hybridized carbons (Fsp3) is 0.0769. The van der Waals surface area contributed by atoms with Gasteiger partial charge in [-0.05, 0) is 23.2 Å². The highest BCUT2D eigenvalue weighted by Gasteiger charge is 2.20. The second kappa shape index (κ2) is 5.29. The van der Waals surface area contributed by atoms with Gasteiger partial charge in [0.2, 0.25) is 15.3 Å². The maximum absolute atomic E-state index is 12.5. The molecule has 0 radical (unpaired) electrons. The highest BCUT2D eigenvalue weighted by molar-refractivity contribution is 7.89. The SMILES string of the molecule is O=S(=O)(Cc1ccccc1)n1ccc2nc(Cl)nc(Cl)c21. The number of fused-ring (bicyclic) bond motifs is 1. The molecule has 3 rings (SSSR count). The summed E-state index contributed by atoms with van der Waals surface area (Å²) >= 11 is 11.7. The smallest absolute Gasteiger partial charge is 0.240 e. The molecule has 2 heterocycles. The van der Waals surface area contributed by atoms with Gasteiger partial charge in [-0.1, -0.05) is 41.9 Å². The molecule has 0 fully saturated rings. The van der Waals surface area contributed by atoms with Gasteiger partial charge >= 0.3 is 0 Å². The summed E-state index contributed by atoms with van der Waals surface area (Å²) in [5, 5.41) is -0.0163. The molecule has 0 saturated carbocycles. The van der Waals surface area contributed by atoms with E-state index in [0.717, 1.165) is 3.97 Å². The number of aromatic nitrogens is 3. The van der Waals surface area contributed by atoms with E-state index >= 15 is 0 Å². The highest BCUT2D eigenvalue weighted by Crippen LogP contribution is 2.25. The Morgan fingerprint density at radius 1 is 1.05 bits per heavy atom. The van der Waals surface area contributed by atoms with Gasteiger partial charge in [0.25, 0.3) is 0 Å². The first-order valence-electron chi connectivity index (χ1n) is 5.95. The molecule has 3 aromatic rings. The Bertz CT molecular complexity index is 908. The Balaban J connectivity index is 2.12. The summed E-state index contributed by atoms with van der Waals surface area (Å²) in [6.07, 6.45) is 1.40. The van der Waals surface area contributed by atoms with Crippen LogP contribution >= 0.6 is 23.2 Å². The molecule has 108 valence electrons. The van der Waals surface area contributed by atoms with Crippen LogP contribution in [0.5, 0.6) is 0 Å². The van der Waals surface area contributed by atoms with Gasteiger partial charge in [0.15, 0.2) is 5.15 Å². The van der Waals surface area contributed by atoms with Crippen LogP contribution in [-0.4, -0.2) is 22.4 Å². The summed E-state index contributed by atoms with van der Waals surface area (Å²) in [4.78, 5) is 7.75. The minimum absolute atomic E-state index is 0.00615. The zero-order valence-corrected chi connectivity index (χ0v) is 12.9. The van der Waals surface area contributed by atoms with Crippen molar-refractivity contribution < 1.29 is 8.42 Å². The van der Waals surface area contributed by atoms with Gasteiger partial charge in [-0.15, -0.1) is 0 Å². The zero-order valence-electron chi connectivity index (χ0n) is 10.6. The average molecular weight is 342 g/mol. The van der Waals surface area contributed by atoms with Crippen LogP contribution in [0.1, 0.15) is 5.56 Å². The molecule has 0 amide bonds. The first kappa shape index (κ1) is 14.3. The Hall–Kier alpha value is -1.63. The van der Waals surface area contributed by atoms with E-state index in [1.807, 2.05) is 6.07 Å². The fourth-order valence-electron chi connectivity index (χ4n) is 2.04. The van der Waals surface area contributed by atoms with Crippen molar-refractivity contribution in [1.29, 1.82) is 0 Å². The molecule has 0 bridgehead atoms. The molecular formula is C13H9Cl2N3O2S. The van der Waals surface area contributed by atoms with Gasteiger partial charge in [-0.25, -0.2) is 22.4 Å². The van der Waals surface area contributed by atoms with E-state index in [1.165, 1.54) is 12.3 Å². The second-order valence-corrected chi connectivity index (χ2v) is 6.91. The Morgan fingerprint density at radius 3 is 2.48 bits per heavy atom. The summed E-state index contributed by atoms with van der Waals surface area (Å²) < 4.78 is 26.2. The summed E-state index contributed by atoms with van der Waals surface area (Å²) in [6.45, 7) is 0. The van der Waals surface area contributed by atoms with E-state index in [2.05, 4.69) is 9.97 Å². The summed E-state index contributed by atoms with van der Waals surface area (Å²) in [6, 6.07) is 10.4. The predicted octanol–water partition coefficient (Wildman–Crippen LogP) is 3.12. The quantitative estimate of drug-likeness (QED) is 0.542. The van der Waals surface area contributed by atoms with Crippen LogP contribution in [0.25, 0.3) is 11.0 Å². The summed E-state index contributed by atoms with van der Waals surface area (Å²) in [7, 11) is -3.62. The zero-order chi connectivity index (χ0) is 15.0. The molecule has 0 spiro atoms. The lowest BCUT2D eigenvalue weighted by Crippen LogP contribution is -2.14.